The van der Waals surface area contributed by atoms with Crippen LogP contribution in [-0.2, 0) is 9.53 Å². The Bertz CT molecular complexity index is 1350. The lowest BCUT2D eigenvalue weighted by Gasteiger charge is -2.10. The molecular formula is C24H21N5O4S. The summed E-state index contributed by atoms with van der Waals surface area (Å²) in [5.74, 6) is -0.535. The fourth-order valence-corrected chi connectivity index (χ4v) is 3.89. The zero-order valence-electron chi connectivity index (χ0n) is 18.1. The SMILES string of the molecule is C=CCCOC(=O)NCC(=O)Nc1cccc(-c2ccnc3c(C(=O)c4cccs4)cnn23)c1. The minimum Gasteiger partial charge on any atom is -0.449 e. The largest absolute Gasteiger partial charge is 0.449 e. The van der Waals surface area contributed by atoms with Crippen LogP contribution in [-0.4, -0.2) is 45.5 Å². The average Bonchev–Trinajstić information content (AvgIpc) is 3.53. The standard InChI is InChI=1S/C24H21N5O4S/c1-2-3-11-33-24(32)26-15-21(30)28-17-7-4-6-16(13-17)19-9-10-25-23-18(14-27-29(19)23)22(31)20-8-5-12-34-20/h2,4-10,12-14H,1,3,11,15H2,(H,26,32)(H,28,30). The molecule has 0 atom stereocenters. The number of amides is 2. The smallest absolute Gasteiger partial charge is 0.407 e. The highest BCUT2D eigenvalue weighted by molar-refractivity contribution is 7.12. The number of hydrogen-bond acceptors (Lipinski definition) is 7. The van der Waals surface area contributed by atoms with Gasteiger partial charge < -0.3 is 15.4 Å². The van der Waals surface area contributed by atoms with Crippen molar-refractivity contribution in [2.24, 2.45) is 0 Å². The second-order valence-electron chi connectivity index (χ2n) is 7.13. The molecule has 0 saturated carbocycles. The molecule has 10 heteroatoms. The van der Waals surface area contributed by atoms with Gasteiger partial charge in [-0.2, -0.15) is 5.10 Å². The maximum absolute atomic E-state index is 12.8. The maximum atomic E-state index is 12.8. The Balaban J connectivity index is 1.49. The molecule has 0 radical (unpaired) electrons. The Hall–Kier alpha value is -4.31. The van der Waals surface area contributed by atoms with Crippen molar-refractivity contribution in [3.63, 3.8) is 0 Å². The molecule has 4 aromatic rings. The maximum Gasteiger partial charge on any atom is 0.407 e. The van der Waals surface area contributed by atoms with Crippen LogP contribution in [0.25, 0.3) is 16.9 Å². The quantitative estimate of drug-likeness (QED) is 0.215. The number of ketones is 1. The number of ether oxygens (including phenoxy) is 1. The number of alkyl carbamates (subject to hydrolysis) is 1. The van der Waals surface area contributed by atoms with Gasteiger partial charge in [0.1, 0.15) is 6.54 Å². The predicted molar refractivity (Wildman–Crippen MR) is 129 cm³/mol. The monoisotopic (exact) mass is 475 g/mol. The molecule has 0 spiro atoms. The first kappa shape index (κ1) is 22.9. The molecular weight excluding hydrogens is 454 g/mol. The van der Waals surface area contributed by atoms with E-state index < -0.39 is 12.0 Å². The lowest BCUT2D eigenvalue weighted by atomic mass is 10.1. The third-order valence-corrected chi connectivity index (χ3v) is 5.65. The molecule has 0 saturated heterocycles. The summed E-state index contributed by atoms with van der Waals surface area (Å²) >= 11 is 1.36. The van der Waals surface area contributed by atoms with Crippen LogP contribution in [0, 0.1) is 0 Å². The number of carbonyl (C=O) groups is 3. The van der Waals surface area contributed by atoms with Gasteiger partial charge in [-0.05, 0) is 36.1 Å². The molecule has 0 aliphatic carbocycles. The van der Waals surface area contributed by atoms with E-state index in [-0.39, 0.29) is 18.9 Å². The van der Waals surface area contributed by atoms with Gasteiger partial charge in [0.15, 0.2) is 5.65 Å². The summed E-state index contributed by atoms with van der Waals surface area (Å²) in [4.78, 5) is 41.6. The Kier molecular flexibility index (Phi) is 7.09. The number of rotatable bonds is 9. The van der Waals surface area contributed by atoms with Crippen molar-refractivity contribution in [1.82, 2.24) is 19.9 Å². The van der Waals surface area contributed by atoms with E-state index in [4.69, 9.17) is 4.74 Å². The number of nitrogens with one attached hydrogen (secondary N) is 2. The van der Waals surface area contributed by atoms with Crippen LogP contribution >= 0.6 is 11.3 Å². The van der Waals surface area contributed by atoms with Crippen LogP contribution in [0.5, 0.6) is 0 Å². The number of carbonyl (C=O) groups excluding carboxylic acids is 3. The normalized spacial score (nSPS) is 10.6. The van der Waals surface area contributed by atoms with E-state index in [1.165, 1.54) is 17.5 Å². The minimum absolute atomic E-state index is 0.133. The summed E-state index contributed by atoms with van der Waals surface area (Å²) in [6.07, 6.45) is 4.63. The van der Waals surface area contributed by atoms with E-state index in [2.05, 4.69) is 27.3 Å². The molecule has 0 unspecified atom stereocenters. The average molecular weight is 476 g/mol. The van der Waals surface area contributed by atoms with Gasteiger partial charge in [-0.25, -0.2) is 14.3 Å². The molecule has 34 heavy (non-hydrogen) atoms. The highest BCUT2D eigenvalue weighted by Gasteiger charge is 2.18. The topological polar surface area (TPSA) is 115 Å². The van der Waals surface area contributed by atoms with Crippen molar-refractivity contribution in [1.29, 1.82) is 0 Å². The first-order valence-corrected chi connectivity index (χ1v) is 11.3. The molecule has 4 rings (SSSR count). The number of thiophene rings is 1. The Morgan fingerprint density at radius 1 is 1.18 bits per heavy atom. The summed E-state index contributed by atoms with van der Waals surface area (Å²) in [6, 6.07) is 12.5. The van der Waals surface area contributed by atoms with Gasteiger partial charge in [-0.15, -0.1) is 17.9 Å². The van der Waals surface area contributed by atoms with Gasteiger partial charge in [0.2, 0.25) is 11.7 Å². The molecule has 2 N–H and O–H groups in total. The molecule has 1 aromatic carbocycles. The molecule has 0 aliphatic heterocycles. The van der Waals surface area contributed by atoms with Crippen LogP contribution < -0.4 is 10.6 Å². The summed E-state index contributed by atoms with van der Waals surface area (Å²) in [7, 11) is 0. The van der Waals surface area contributed by atoms with Gasteiger partial charge in [0.05, 0.1) is 28.9 Å². The van der Waals surface area contributed by atoms with Gasteiger partial charge in [-0.1, -0.05) is 24.3 Å². The zero-order chi connectivity index (χ0) is 23.9. The summed E-state index contributed by atoms with van der Waals surface area (Å²) in [5, 5.41) is 11.4. The van der Waals surface area contributed by atoms with Crippen LogP contribution in [0.3, 0.4) is 0 Å². The van der Waals surface area contributed by atoms with Crippen LogP contribution in [0.1, 0.15) is 21.7 Å². The first-order valence-electron chi connectivity index (χ1n) is 10.4. The van der Waals surface area contributed by atoms with Crippen LogP contribution in [0.15, 0.2) is 72.9 Å². The van der Waals surface area contributed by atoms with E-state index in [1.807, 2.05) is 17.5 Å². The molecule has 3 heterocycles. The van der Waals surface area contributed by atoms with Crippen molar-refractivity contribution in [3.05, 3.63) is 83.3 Å². The van der Waals surface area contributed by atoms with Crippen molar-refractivity contribution in [3.8, 4) is 11.3 Å². The third kappa shape index (κ3) is 5.18. The van der Waals surface area contributed by atoms with Crippen LogP contribution in [0.4, 0.5) is 10.5 Å². The first-order chi connectivity index (χ1) is 16.6. The molecule has 0 bridgehead atoms. The van der Waals surface area contributed by atoms with E-state index in [0.717, 1.165) is 5.56 Å². The highest BCUT2D eigenvalue weighted by atomic mass is 32.1. The van der Waals surface area contributed by atoms with E-state index in [0.29, 0.717) is 33.9 Å². The number of benzene rings is 1. The number of fused-ring (bicyclic) bond motifs is 1. The Labute approximate surface area is 199 Å². The fourth-order valence-electron chi connectivity index (χ4n) is 3.21. The predicted octanol–water partition coefficient (Wildman–Crippen LogP) is 3.93. The molecule has 3 aromatic heterocycles. The van der Waals surface area contributed by atoms with E-state index in [9.17, 15) is 14.4 Å². The summed E-state index contributed by atoms with van der Waals surface area (Å²) in [5.41, 5.74) is 2.87. The van der Waals surface area contributed by atoms with Crippen molar-refractivity contribution < 1.29 is 19.1 Å². The molecule has 0 aliphatic rings. The van der Waals surface area contributed by atoms with Gasteiger partial charge in [0.25, 0.3) is 0 Å². The van der Waals surface area contributed by atoms with Crippen molar-refractivity contribution >= 4 is 40.5 Å². The van der Waals surface area contributed by atoms with Gasteiger partial charge in [0, 0.05) is 17.4 Å². The Morgan fingerprint density at radius 3 is 2.85 bits per heavy atom. The van der Waals surface area contributed by atoms with Crippen molar-refractivity contribution in [2.45, 2.75) is 6.42 Å². The number of hydrogen-bond donors (Lipinski definition) is 2. The van der Waals surface area contributed by atoms with Crippen molar-refractivity contribution in [2.75, 3.05) is 18.5 Å². The minimum atomic E-state index is -0.670. The Morgan fingerprint density at radius 2 is 2.06 bits per heavy atom. The third-order valence-electron chi connectivity index (χ3n) is 4.78. The number of nitrogens with zero attached hydrogens (tertiary/aromatic N) is 3. The molecule has 172 valence electrons. The fraction of sp³-hybridized carbons (Fsp3) is 0.125. The van der Waals surface area contributed by atoms with Gasteiger partial charge in [-0.3, -0.25) is 9.59 Å². The second kappa shape index (κ2) is 10.5. The summed E-state index contributed by atoms with van der Waals surface area (Å²) < 4.78 is 6.50. The van der Waals surface area contributed by atoms with E-state index in [1.54, 1.807) is 47.1 Å². The zero-order valence-corrected chi connectivity index (χ0v) is 18.9. The second-order valence-corrected chi connectivity index (χ2v) is 8.07. The van der Waals surface area contributed by atoms with E-state index >= 15 is 0 Å². The molecule has 9 nitrogen and oxygen atoms in total. The van der Waals surface area contributed by atoms with Gasteiger partial charge >= 0.3 is 6.09 Å². The highest BCUT2D eigenvalue weighted by Crippen LogP contribution is 2.25. The number of anilines is 1. The summed E-state index contributed by atoms with van der Waals surface area (Å²) in [6.45, 7) is 3.51. The van der Waals surface area contributed by atoms with Crippen LogP contribution in [0.2, 0.25) is 0 Å². The lowest BCUT2D eigenvalue weighted by Crippen LogP contribution is -2.33. The lowest BCUT2D eigenvalue weighted by molar-refractivity contribution is -0.115. The number of aromatic nitrogens is 3. The molecule has 2 amide bonds. The molecule has 0 fully saturated rings.